The molecule has 3 heterocycles. The Morgan fingerprint density at radius 3 is 2.81 bits per heavy atom. The number of anilines is 2. The number of benzene rings is 2. The van der Waals surface area contributed by atoms with Gasteiger partial charge >= 0.3 is 0 Å². The largest absolute Gasteiger partial charge is 0.486 e. The molecule has 0 radical (unpaired) electrons. The van der Waals surface area contributed by atoms with Crippen LogP contribution >= 0.6 is 0 Å². The van der Waals surface area contributed by atoms with Gasteiger partial charge in [-0.3, -0.25) is 9.59 Å². The third kappa shape index (κ3) is 4.03. The number of carbonyl (C=O) groups excluding carboxylic acids is 2. The SMILES string of the molecule is Cc1cccc(Cn2nccc2NC(=O)C2CC(=O)N(c3ccc4c(c3)OCCO4)C2)c1. The first-order valence-corrected chi connectivity index (χ1v) is 10.6. The van der Waals surface area contributed by atoms with Crippen LogP contribution in [0.1, 0.15) is 17.5 Å². The van der Waals surface area contributed by atoms with E-state index in [0.717, 1.165) is 5.56 Å². The molecule has 2 aliphatic heterocycles. The molecule has 8 heteroatoms. The molecule has 8 nitrogen and oxygen atoms in total. The highest BCUT2D eigenvalue weighted by Crippen LogP contribution is 2.36. The summed E-state index contributed by atoms with van der Waals surface area (Å²) in [6, 6.07) is 15.3. The van der Waals surface area contributed by atoms with Gasteiger partial charge in [-0.05, 0) is 24.6 Å². The molecule has 0 saturated carbocycles. The molecule has 32 heavy (non-hydrogen) atoms. The van der Waals surface area contributed by atoms with Crippen molar-refractivity contribution in [2.45, 2.75) is 19.9 Å². The second-order valence-corrected chi connectivity index (χ2v) is 8.09. The van der Waals surface area contributed by atoms with Crippen molar-refractivity contribution in [2.24, 2.45) is 5.92 Å². The maximum Gasteiger partial charge on any atom is 0.230 e. The summed E-state index contributed by atoms with van der Waals surface area (Å²) in [5.74, 6) is 1.18. The first-order valence-electron chi connectivity index (χ1n) is 10.6. The summed E-state index contributed by atoms with van der Waals surface area (Å²) in [6.45, 7) is 3.90. The van der Waals surface area contributed by atoms with Crippen LogP contribution in [-0.4, -0.2) is 41.4 Å². The van der Waals surface area contributed by atoms with Crippen molar-refractivity contribution < 1.29 is 19.1 Å². The third-order valence-electron chi connectivity index (χ3n) is 5.72. The first kappa shape index (κ1) is 20.1. The van der Waals surface area contributed by atoms with Crippen molar-refractivity contribution in [3.05, 3.63) is 65.9 Å². The van der Waals surface area contributed by atoms with Crippen LogP contribution in [-0.2, 0) is 16.1 Å². The van der Waals surface area contributed by atoms with Crippen molar-refractivity contribution in [3.63, 3.8) is 0 Å². The summed E-state index contributed by atoms with van der Waals surface area (Å²) in [4.78, 5) is 27.2. The number of rotatable bonds is 5. The van der Waals surface area contributed by atoms with Crippen molar-refractivity contribution in [1.29, 1.82) is 0 Å². The molecule has 5 rings (SSSR count). The van der Waals surface area contributed by atoms with Gasteiger partial charge in [-0.2, -0.15) is 5.10 Å². The number of amides is 2. The molecular formula is C24H24N4O4. The summed E-state index contributed by atoms with van der Waals surface area (Å²) >= 11 is 0. The molecule has 0 aliphatic carbocycles. The zero-order chi connectivity index (χ0) is 22.1. The van der Waals surface area contributed by atoms with Crippen molar-refractivity contribution in [1.82, 2.24) is 9.78 Å². The number of hydrogen-bond acceptors (Lipinski definition) is 5. The van der Waals surface area contributed by atoms with Crippen molar-refractivity contribution >= 4 is 23.3 Å². The Bertz CT molecular complexity index is 1170. The summed E-state index contributed by atoms with van der Waals surface area (Å²) in [7, 11) is 0. The van der Waals surface area contributed by atoms with Gasteiger partial charge in [0.15, 0.2) is 11.5 Å². The van der Waals surface area contributed by atoms with Crippen LogP contribution < -0.4 is 19.7 Å². The van der Waals surface area contributed by atoms with Crippen LogP contribution in [0.4, 0.5) is 11.5 Å². The molecule has 1 N–H and O–H groups in total. The highest BCUT2D eigenvalue weighted by molar-refractivity contribution is 6.03. The topological polar surface area (TPSA) is 85.7 Å². The van der Waals surface area contributed by atoms with Crippen molar-refractivity contribution in [2.75, 3.05) is 30.0 Å². The second-order valence-electron chi connectivity index (χ2n) is 8.09. The standard InChI is InChI=1S/C24H24N4O4/c1-16-3-2-4-17(11-16)14-28-22(7-8-25-28)26-24(30)18-12-23(29)27(15-18)19-5-6-20-21(13-19)32-10-9-31-20/h2-8,11,13,18H,9-10,12,14-15H2,1H3,(H,26,30). The highest BCUT2D eigenvalue weighted by Gasteiger charge is 2.36. The van der Waals surface area contributed by atoms with Gasteiger partial charge in [0.2, 0.25) is 11.8 Å². The van der Waals surface area contributed by atoms with Crippen LogP contribution in [0.5, 0.6) is 11.5 Å². The Morgan fingerprint density at radius 2 is 1.97 bits per heavy atom. The molecule has 3 aromatic rings. The molecule has 0 bridgehead atoms. The minimum atomic E-state index is -0.446. The average Bonchev–Trinajstić information content (AvgIpc) is 3.39. The van der Waals surface area contributed by atoms with E-state index in [9.17, 15) is 9.59 Å². The Hall–Kier alpha value is -3.81. The Kier molecular flexibility index (Phi) is 5.26. The number of fused-ring (bicyclic) bond motifs is 1. The van der Waals surface area contributed by atoms with Gasteiger partial charge in [-0.15, -0.1) is 0 Å². The number of aromatic nitrogens is 2. The van der Waals surface area contributed by atoms with Crippen LogP contribution in [0.25, 0.3) is 0 Å². The van der Waals surface area contributed by atoms with Gasteiger partial charge in [0.1, 0.15) is 19.0 Å². The number of nitrogens with zero attached hydrogens (tertiary/aromatic N) is 3. The molecule has 164 valence electrons. The number of ether oxygens (including phenoxy) is 2. The summed E-state index contributed by atoms with van der Waals surface area (Å²) < 4.78 is 12.9. The van der Waals surface area contributed by atoms with Gasteiger partial charge in [0.25, 0.3) is 0 Å². The van der Waals surface area contributed by atoms with Crippen LogP contribution in [0.3, 0.4) is 0 Å². The lowest BCUT2D eigenvalue weighted by atomic mass is 10.1. The lowest BCUT2D eigenvalue weighted by Gasteiger charge is -2.22. The van der Waals surface area contributed by atoms with Crippen LogP contribution in [0.2, 0.25) is 0 Å². The van der Waals surface area contributed by atoms with Gasteiger partial charge in [-0.25, -0.2) is 4.68 Å². The third-order valence-corrected chi connectivity index (χ3v) is 5.72. The first-order chi connectivity index (χ1) is 15.6. The van der Waals surface area contributed by atoms with E-state index in [4.69, 9.17) is 9.47 Å². The van der Waals surface area contributed by atoms with Crippen LogP contribution in [0.15, 0.2) is 54.7 Å². The Balaban J connectivity index is 1.26. The summed E-state index contributed by atoms with van der Waals surface area (Å²) in [5, 5.41) is 7.29. The van der Waals surface area contributed by atoms with Crippen molar-refractivity contribution in [3.8, 4) is 11.5 Å². The predicted octanol–water partition coefficient (Wildman–Crippen LogP) is 3.00. The zero-order valence-electron chi connectivity index (χ0n) is 17.8. The van der Waals surface area contributed by atoms with Gasteiger partial charge in [0, 0.05) is 30.8 Å². The second kappa shape index (κ2) is 8.37. The molecule has 1 aromatic heterocycles. The molecule has 1 fully saturated rings. The van der Waals surface area contributed by atoms with Gasteiger partial charge in [0.05, 0.1) is 18.7 Å². The van der Waals surface area contributed by atoms with E-state index in [2.05, 4.69) is 16.5 Å². The van der Waals surface area contributed by atoms with E-state index < -0.39 is 5.92 Å². The van der Waals surface area contributed by atoms with E-state index >= 15 is 0 Å². The lowest BCUT2D eigenvalue weighted by Crippen LogP contribution is -2.29. The maximum absolute atomic E-state index is 13.0. The predicted molar refractivity (Wildman–Crippen MR) is 119 cm³/mol. The molecule has 1 unspecified atom stereocenters. The molecular weight excluding hydrogens is 408 g/mol. The Morgan fingerprint density at radius 1 is 1.12 bits per heavy atom. The number of carbonyl (C=O) groups is 2. The van der Waals surface area contributed by atoms with E-state index in [1.165, 1.54) is 5.56 Å². The quantitative estimate of drug-likeness (QED) is 0.670. The molecule has 2 amide bonds. The Labute approximate surface area is 185 Å². The van der Waals surface area contributed by atoms with Gasteiger partial charge in [-0.1, -0.05) is 29.8 Å². The fraction of sp³-hybridized carbons (Fsp3) is 0.292. The number of hydrogen-bond donors (Lipinski definition) is 1. The van der Waals surface area contributed by atoms with E-state index in [1.54, 1.807) is 34.0 Å². The van der Waals surface area contributed by atoms with E-state index in [-0.39, 0.29) is 18.2 Å². The highest BCUT2D eigenvalue weighted by atomic mass is 16.6. The lowest BCUT2D eigenvalue weighted by molar-refractivity contribution is -0.122. The molecule has 2 aliphatic rings. The average molecular weight is 432 g/mol. The smallest absolute Gasteiger partial charge is 0.230 e. The number of aryl methyl sites for hydroxylation is 1. The summed E-state index contributed by atoms with van der Waals surface area (Å²) in [6.07, 6.45) is 1.82. The fourth-order valence-electron chi connectivity index (χ4n) is 4.11. The molecule has 2 aromatic carbocycles. The number of nitrogens with one attached hydrogen (secondary N) is 1. The van der Waals surface area contributed by atoms with Crippen LogP contribution in [0, 0.1) is 12.8 Å². The monoisotopic (exact) mass is 432 g/mol. The summed E-state index contributed by atoms with van der Waals surface area (Å²) in [5.41, 5.74) is 2.98. The molecule has 1 saturated heterocycles. The van der Waals surface area contributed by atoms with E-state index in [0.29, 0.717) is 49.3 Å². The minimum Gasteiger partial charge on any atom is -0.486 e. The normalized spacial score (nSPS) is 17.5. The maximum atomic E-state index is 13.0. The minimum absolute atomic E-state index is 0.0879. The molecule has 0 spiro atoms. The molecule has 1 atom stereocenters. The van der Waals surface area contributed by atoms with E-state index in [1.807, 2.05) is 31.2 Å². The zero-order valence-corrected chi connectivity index (χ0v) is 17.8. The fourth-order valence-corrected chi connectivity index (χ4v) is 4.11. The van der Waals surface area contributed by atoms with Gasteiger partial charge < -0.3 is 19.7 Å².